The van der Waals surface area contributed by atoms with Crippen molar-refractivity contribution in [1.29, 1.82) is 0 Å². The topological polar surface area (TPSA) is 83.4 Å². The second-order valence-electron chi connectivity index (χ2n) is 5.63. The van der Waals surface area contributed by atoms with E-state index in [1.807, 2.05) is 18.9 Å². The second kappa shape index (κ2) is 10.1. The van der Waals surface area contributed by atoms with E-state index in [2.05, 4.69) is 15.7 Å². The van der Waals surface area contributed by atoms with E-state index in [1.54, 1.807) is 55.5 Å². The lowest BCUT2D eigenvalue weighted by atomic mass is 10.1. The first kappa shape index (κ1) is 20.1. The molecule has 0 saturated heterocycles. The van der Waals surface area contributed by atoms with Crippen LogP contribution in [0.1, 0.15) is 41.5 Å². The number of rotatable bonds is 8. The molecule has 0 heterocycles. The Morgan fingerprint density at radius 3 is 2.07 bits per heavy atom. The summed E-state index contributed by atoms with van der Waals surface area (Å²) >= 11 is 0. The van der Waals surface area contributed by atoms with Gasteiger partial charge >= 0.3 is 5.97 Å². The first-order valence-corrected chi connectivity index (χ1v) is 8.92. The summed E-state index contributed by atoms with van der Waals surface area (Å²) in [6.45, 7) is 7.67. The fourth-order valence-electron chi connectivity index (χ4n) is 2.25. The predicted molar refractivity (Wildman–Crippen MR) is 104 cm³/mol. The summed E-state index contributed by atoms with van der Waals surface area (Å²) in [5.74, 6) is -0.629. The lowest BCUT2D eigenvalue weighted by Gasteiger charge is -2.11. The third-order valence-electron chi connectivity index (χ3n) is 3.80. The average molecular weight is 368 g/mol. The Balaban J connectivity index is 1.98. The summed E-state index contributed by atoms with van der Waals surface area (Å²) < 4.78 is 4.93. The fraction of sp³-hybridized carbons (Fsp3) is 0.300. The van der Waals surface area contributed by atoms with Gasteiger partial charge in [0.15, 0.2) is 0 Å². The van der Waals surface area contributed by atoms with Crippen molar-refractivity contribution in [2.24, 2.45) is 10.3 Å². The molecule has 0 aliphatic heterocycles. The Kier molecular flexibility index (Phi) is 7.49. The number of nitrogens with one attached hydrogen (secondary N) is 1. The van der Waals surface area contributed by atoms with E-state index < -0.39 is 0 Å². The molecule has 1 amide bonds. The monoisotopic (exact) mass is 368 g/mol. The van der Waals surface area contributed by atoms with Crippen LogP contribution in [0.25, 0.3) is 0 Å². The van der Waals surface area contributed by atoms with Crippen molar-refractivity contribution < 1.29 is 14.3 Å². The molecular weight excluding hydrogens is 344 g/mol. The maximum atomic E-state index is 12.3. The number of amides is 1. The highest BCUT2D eigenvalue weighted by atomic mass is 16.5. The Hall–Kier alpha value is -3.22. The Morgan fingerprint density at radius 1 is 0.926 bits per heavy atom. The fourth-order valence-corrected chi connectivity index (χ4v) is 2.25. The molecule has 0 atom stereocenters. The minimum Gasteiger partial charge on any atom is -0.462 e. The first-order chi connectivity index (χ1) is 13.1. The molecule has 0 spiro atoms. The van der Waals surface area contributed by atoms with E-state index in [9.17, 15) is 9.59 Å². The van der Waals surface area contributed by atoms with Gasteiger partial charge in [-0.1, -0.05) is 5.22 Å². The highest BCUT2D eigenvalue weighted by molar-refractivity contribution is 6.04. The molecule has 0 bridgehead atoms. The molecule has 0 fully saturated rings. The van der Waals surface area contributed by atoms with Gasteiger partial charge in [0.25, 0.3) is 5.91 Å². The van der Waals surface area contributed by atoms with Crippen molar-refractivity contribution in [1.82, 2.24) is 5.01 Å². The Labute approximate surface area is 159 Å². The molecule has 7 heteroatoms. The van der Waals surface area contributed by atoms with Crippen LogP contribution in [0.4, 0.5) is 11.4 Å². The van der Waals surface area contributed by atoms with Gasteiger partial charge in [-0.15, -0.1) is 5.11 Å². The van der Waals surface area contributed by atoms with E-state index in [4.69, 9.17) is 4.74 Å². The Morgan fingerprint density at radius 2 is 1.52 bits per heavy atom. The number of nitrogens with zero attached hydrogens (tertiary/aromatic N) is 3. The SMILES string of the molecule is CCOC(=O)c1ccc(NC(=O)c2ccc(N=NN(CC)CC)cc2)cc1. The van der Waals surface area contributed by atoms with Crippen molar-refractivity contribution in [3.8, 4) is 0 Å². The van der Waals surface area contributed by atoms with E-state index in [1.165, 1.54) is 0 Å². The van der Waals surface area contributed by atoms with Gasteiger partial charge in [0.1, 0.15) is 0 Å². The van der Waals surface area contributed by atoms with Gasteiger partial charge in [0, 0.05) is 24.3 Å². The van der Waals surface area contributed by atoms with Gasteiger partial charge < -0.3 is 10.1 Å². The number of ether oxygens (including phenoxy) is 1. The van der Waals surface area contributed by atoms with Gasteiger partial charge in [-0.3, -0.25) is 9.80 Å². The van der Waals surface area contributed by atoms with Gasteiger partial charge in [-0.2, -0.15) is 0 Å². The number of anilines is 1. The van der Waals surface area contributed by atoms with Crippen molar-refractivity contribution in [2.75, 3.05) is 25.0 Å². The average Bonchev–Trinajstić information content (AvgIpc) is 2.70. The molecule has 0 unspecified atom stereocenters. The summed E-state index contributed by atoms with van der Waals surface area (Å²) in [6.07, 6.45) is 0. The van der Waals surface area contributed by atoms with E-state index in [-0.39, 0.29) is 11.9 Å². The number of carbonyl (C=O) groups is 2. The van der Waals surface area contributed by atoms with Gasteiger partial charge in [0.05, 0.1) is 17.9 Å². The maximum Gasteiger partial charge on any atom is 0.338 e. The number of benzene rings is 2. The summed E-state index contributed by atoms with van der Waals surface area (Å²) in [5, 5.41) is 12.9. The van der Waals surface area contributed by atoms with Gasteiger partial charge in [0.2, 0.25) is 0 Å². The van der Waals surface area contributed by atoms with Crippen molar-refractivity contribution in [3.63, 3.8) is 0 Å². The number of esters is 1. The normalized spacial score (nSPS) is 10.6. The van der Waals surface area contributed by atoms with Gasteiger partial charge in [-0.25, -0.2) is 4.79 Å². The molecule has 142 valence electrons. The van der Waals surface area contributed by atoms with Crippen molar-refractivity contribution >= 4 is 23.3 Å². The molecule has 27 heavy (non-hydrogen) atoms. The first-order valence-electron chi connectivity index (χ1n) is 8.92. The van der Waals surface area contributed by atoms with Crippen molar-refractivity contribution in [2.45, 2.75) is 20.8 Å². The van der Waals surface area contributed by atoms with E-state index in [0.29, 0.717) is 29.1 Å². The van der Waals surface area contributed by atoms with Crippen LogP contribution in [0, 0.1) is 0 Å². The number of carbonyl (C=O) groups excluding carboxylic acids is 2. The van der Waals surface area contributed by atoms with Crippen LogP contribution in [0.5, 0.6) is 0 Å². The lowest BCUT2D eigenvalue weighted by molar-refractivity contribution is 0.0526. The molecular formula is C20H24N4O3. The molecule has 7 nitrogen and oxygen atoms in total. The van der Waals surface area contributed by atoms with Crippen LogP contribution in [0.3, 0.4) is 0 Å². The quantitative estimate of drug-likeness (QED) is 0.424. The lowest BCUT2D eigenvalue weighted by Crippen LogP contribution is -2.14. The third kappa shape index (κ3) is 5.91. The standard InChI is InChI=1S/C20H24N4O3/c1-4-24(5-2)23-22-18-13-7-15(8-14-18)19(25)21-17-11-9-16(10-12-17)20(26)27-6-3/h7-14H,4-6H2,1-3H3,(H,21,25). The predicted octanol–water partition coefficient (Wildman–Crippen LogP) is 4.46. The smallest absolute Gasteiger partial charge is 0.338 e. The largest absolute Gasteiger partial charge is 0.462 e. The summed E-state index contributed by atoms with van der Waals surface area (Å²) in [5.41, 5.74) is 2.22. The summed E-state index contributed by atoms with van der Waals surface area (Å²) in [6, 6.07) is 13.4. The molecule has 2 aromatic rings. The molecule has 2 aromatic carbocycles. The van der Waals surface area contributed by atoms with Crippen LogP contribution < -0.4 is 5.32 Å². The van der Waals surface area contributed by atoms with Crippen LogP contribution in [0.15, 0.2) is 58.9 Å². The number of hydrogen-bond donors (Lipinski definition) is 1. The summed E-state index contributed by atoms with van der Waals surface area (Å²) in [7, 11) is 0. The molecule has 0 saturated carbocycles. The zero-order chi connectivity index (χ0) is 19.6. The summed E-state index contributed by atoms with van der Waals surface area (Å²) in [4.78, 5) is 24.0. The molecule has 0 aliphatic carbocycles. The zero-order valence-electron chi connectivity index (χ0n) is 15.8. The molecule has 0 aromatic heterocycles. The van der Waals surface area contributed by atoms with Crippen LogP contribution in [-0.2, 0) is 4.74 Å². The number of hydrogen-bond acceptors (Lipinski definition) is 5. The third-order valence-corrected chi connectivity index (χ3v) is 3.80. The molecule has 0 radical (unpaired) electrons. The maximum absolute atomic E-state index is 12.3. The van der Waals surface area contributed by atoms with Crippen LogP contribution >= 0.6 is 0 Å². The molecule has 1 N–H and O–H groups in total. The highest BCUT2D eigenvalue weighted by Crippen LogP contribution is 2.16. The van der Waals surface area contributed by atoms with Crippen LogP contribution in [0.2, 0.25) is 0 Å². The van der Waals surface area contributed by atoms with Crippen LogP contribution in [-0.4, -0.2) is 36.6 Å². The molecule has 2 rings (SSSR count). The highest BCUT2D eigenvalue weighted by Gasteiger charge is 2.09. The minimum atomic E-state index is -0.384. The van der Waals surface area contributed by atoms with E-state index in [0.717, 1.165) is 13.1 Å². The Bertz CT molecular complexity index is 782. The molecule has 0 aliphatic rings. The van der Waals surface area contributed by atoms with E-state index >= 15 is 0 Å². The second-order valence-corrected chi connectivity index (χ2v) is 5.63. The van der Waals surface area contributed by atoms with Crippen molar-refractivity contribution in [3.05, 3.63) is 59.7 Å². The zero-order valence-corrected chi connectivity index (χ0v) is 15.8. The van der Waals surface area contributed by atoms with Gasteiger partial charge in [-0.05, 0) is 69.3 Å². The minimum absolute atomic E-state index is 0.244.